The van der Waals surface area contributed by atoms with Crippen molar-refractivity contribution in [1.82, 2.24) is 4.90 Å². The maximum Gasteiger partial charge on any atom is 0.323 e. The molecule has 0 unspecified atom stereocenters. The fourth-order valence-electron chi connectivity index (χ4n) is 3.51. The highest BCUT2D eigenvalue weighted by Crippen LogP contribution is 2.42. The van der Waals surface area contributed by atoms with E-state index >= 15 is 0 Å². The zero-order chi connectivity index (χ0) is 20.8. The molecule has 1 saturated heterocycles. The number of aryl methyl sites for hydroxylation is 1. The third-order valence-corrected chi connectivity index (χ3v) is 6.43. The third kappa shape index (κ3) is 4.79. The van der Waals surface area contributed by atoms with Crippen molar-refractivity contribution in [3.05, 3.63) is 95.6 Å². The summed E-state index contributed by atoms with van der Waals surface area (Å²) in [6.07, 6.45) is 0.985. The maximum atomic E-state index is 13.0. The summed E-state index contributed by atoms with van der Waals surface area (Å²) in [5.41, 5.74) is 4.23. The summed E-state index contributed by atoms with van der Waals surface area (Å²) in [5, 5.41) is 2.98. The number of rotatable bonds is 6. The number of nitrogens with zero attached hydrogens (tertiary/aromatic N) is 1. The van der Waals surface area contributed by atoms with Gasteiger partial charge in [-0.2, -0.15) is 0 Å². The minimum Gasteiger partial charge on any atom is -0.489 e. The quantitative estimate of drug-likeness (QED) is 0.525. The van der Waals surface area contributed by atoms with Crippen molar-refractivity contribution in [3.8, 4) is 5.75 Å². The Morgan fingerprint density at radius 3 is 2.50 bits per heavy atom. The lowest BCUT2D eigenvalue weighted by molar-refractivity contribution is 0.213. The first kappa shape index (κ1) is 20.4. The lowest BCUT2D eigenvalue weighted by Gasteiger charge is -2.26. The minimum absolute atomic E-state index is 0.0631. The van der Waals surface area contributed by atoms with Crippen LogP contribution < -0.4 is 10.1 Å². The highest BCUT2D eigenvalue weighted by atomic mass is 32.2. The monoisotopic (exact) mass is 418 g/mol. The van der Waals surface area contributed by atoms with Crippen LogP contribution >= 0.6 is 11.8 Å². The van der Waals surface area contributed by atoms with Crippen LogP contribution in [0.25, 0.3) is 0 Å². The normalized spacial score (nSPS) is 15.8. The third-order valence-electron chi connectivity index (χ3n) is 5.19. The molecule has 0 radical (unpaired) electrons. The van der Waals surface area contributed by atoms with Gasteiger partial charge in [0.15, 0.2) is 0 Å². The molecular formula is C25H26N2O2S. The van der Waals surface area contributed by atoms with Crippen LogP contribution in [0.2, 0.25) is 0 Å². The number of benzene rings is 3. The van der Waals surface area contributed by atoms with Crippen LogP contribution in [0.3, 0.4) is 0 Å². The number of ether oxygens (including phenoxy) is 1. The summed E-state index contributed by atoms with van der Waals surface area (Å²) in [6.45, 7) is 3.34. The van der Waals surface area contributed by atoms with Crippen LogP contribution in [-0.2, 0) is 13.0 Å². The molecule has 0 aromatic heterocycles. The van der Waals surface area contributed by atoms with E-state index in [0.29, 0.717) is 13.2 Å². The second kappa shape index (κ2) is 9.72. The zero-order valence-corrected chi connectivity index (χ0v) is 17.9. The van der Waals surface area contributed by atoms with Crippen molar-refractivity contribution >= 4 is 23.5 Å². The van der Waals surface area contributed by atoms with Crippen LogP contribution in [0.15, 0.2) is 78.9 Å². The van der Waals surface area contributed by atoms with E-state index in [4.69, 9.17) is 4.74 Å². The molecule has 1 N–H and O–H groups in total. The molecule has 0 spiro atoms. The largest absolute Gasteiger partial charge is 0.489 e. The molecular weight excluding hydrogens is 392 g/mol. The number of amides is 2. The van der Waals surface area contributed by atoms with E-state index < -0.39 is 0 Å². The molecule has 0 aliphatic carbocycles. The second-order valence-corrected chi connectivity index (χ2v) is 8.40. The average molecular weight is 419 g/mol. The van der Waals surface area contributed by atoms with Gasteiger partial charge in [-0.1, -0.05) is 67.6 Å². The van der Waals surface area contributed by atoms with Crippen molar-refractivity contribution in [1.29, 1.82) is 0 Å². The summed E-state index contributed by atoms with van der Waals surface area (Å²) >= 11 is 1.77. The van der Waals surface area contributed by atoms with Gasteiger partial charge in [-0.25, -0.2) is 4.79 Å². The molecule has 0 bridgehead atoms. The standard InChI is InChI=1S/C25H26N2O2S/c1-2-19-12-14-21(15-13-19)26-25(28)27-16-17-30-24(27)22-10-6-7-11-23(22)29-18-20-8-4-3-5-9-20/h3-15,24H,2,16-18H2,1H3,(H,26,28)/t24-/m1/s1. The number of thioether (sulfide) groups is 1. The van der Waals surface area contributed by atoms with E-state index in [1.54, 1.807) is 11.8 Å². The Labute approximate surface area is 182 Å². The molecule has 3 aromatic carbocycles. The molecule has 0 saturated carbocycles. The van der Waals surface area contributed by atoms with Crippen molar-refractivity contribution in [2.75, 3.05) is 17.6 Å². The lowest BCUT2D eigenvalue weighted by Crippen LogP contribution is -2.34. The van der Waals surface area contributed by atoms with Crippen LogP contribution in [0.5, 0.6) is 5.75 Å². The molecule has 4 rings (SSSR count). The smallest absolute Gasteiger partial charge is 0.323 e. The number of hydrogen-bond acceptors (Lipinski definition) is 3. The van der Waals surface area contributed by atoms with E-state index in [9.17, 15) is 4.79 Å². The first-order valence-corrected chi connectivity index (χ1v) is 11.3. The number of urea groups is 1. The van der Waals surface area contributed by atoms with Crippen LogP contribution in [0, 0.1) is 0 Å². The number of para-hydroxylation sites is 1. The van der Waals surface area contributed by atoms with Crippen molar-refractivity contribution in [2.45, 2.75) is 25.3 Å². The highest BCUT2D eigenvalue weighted by molar-refractivity contribution is 7.99. The molecule has 1 heterocycles. The molecule has 2 amide bonds. The van der Waals surface area contributed by atoms with Gasteiger partial charge in [0.25, 0.3) is 0 Å². The summed E-state index contributed by atoms with van der Waals surface area (Å²) in [7, 11) is 0. The number of carbonyl (C=O) groups is 1. The molecule has 3 aromatic rings. The molecule has 4 nitrogen and oxygen atoms in total. The first-order chi connectivity index (χ1) is 14.7. The van der Waals surface area contributed by atoms with Gasteiger partial charge in [0.05, 0.1) is 0 Å². The van der Waals surface area contributed by atoms with Gasteiger partial charge in [-0.15, -0.1) is 11.8 Å². The van der Waals surface area contributed by atoms with Gasteiger partial charge in [0, 0.05) is 23.5 Å². The molecule has 5 heteroatoms. The number of nitrogens with one attached hydrogen (secondary N) is 1. The molecule has 1 aliphatic rings. The Morgan fingerprint density at radius 2 is 1.73 bits per heavy atom. The zero-order valence-electron chi connectivity index (χ0n) is 17.1. The Balaban J connectivity index is 1.48. The van der Waals surface area contributed by atoms with Gasteiger partial charge in [-0.05, 0) is 35.7 Å². The van der Waals surface area contributed by atoms with E-state index in [-0.39, 0.29) is 11.4 Å². The minimum atomic E-state index is -0.0767. The Bertz CT molecular complexity index is 976. The summed E-state index contributed by atoms with van der Waals surface area (Å²) < 4.78 is 6.14. The summed E-state index contributed by atoms with van der Waals surface area (Å²) in [4.78, 5) is 14.9. The topological polar surface area (TPSA) is 41.6 Å². The van der Waals surface area contributed by atoms with Gasteiger partial charge in [-0.3, -0.25) is 0 Å². The predicted octanol–water partition coefficient (Wildman–Crippen LogP) is 6.11. The summed E-state index contributed by atoms with van der Waals surface area (Å²) in [6, 6.07) is 26.1. The lowest BCUT2D eigenvalue weighted by atomic mass is 10.1. The van der Waals surface area contributed by atoms with Crippen LogP contribution in [0.4, 0.5) is 10.5 Å². The Kier molecular flexibility index (Phi) is 6.60. The van der Waals surface area contributed by atoms with Gasteiger partial charge < -0.3 is 15.0 Å². The van der Waals surface area contributed by atoms with E-state index in [1.165, 1.54) is 5.56 Å². The fraction of sp³-hybridized carbons (Fsp3) is 0.240. The van der Waals surface area contributed by atoms with Crippen LogP contribution in [0.1, 0.15) is 29.0 Å². The molecule has 1 atom stereocenters. The maximum absolute atomic E-state index is 13.0. The molecule has 1 fully saturated rings. The van der Waals surface area contributed by atoms with Gasteiger partial charge >= 0.3 is 6.03 Å². The molecule has 154 valence electrons. The Morgan fingerprint density at radius 1 is 1.00 bits per heavy atom. The second-order valence-electron chi connectivity index (χ2n) is 7.21. The average Bonchev–Trinajstić information content (AvgIpc) is 3.29. The first-order valence-electron chi connectivity index (χ1n) is 10.3. The van der Waals surface area contributed by atoms with E-state index in [2.05, 4.69) is 42.6 Å². The van der Waals surface area contributed by atoms with Crippen molar-refractivity contribution < 1.29 is 9.53 Å². The van der Waals surface area contributed by atoms with E-state index in [0.717, 1.165) is 34.7 Å². The Hall–Kier alpha value is -2.92. The van der Waals surface area contributed by atoms with Crippen LogP contribution in [-0.4, -0.2) is 23.2 Å². The van der Waals surface area contributed by atoms with E-state index in [1.807, 2.05) is 53.4 Å². The number of anilines is 1. The number of hydrogen-bond donors (Lipinski definition) is 1. The van der Waals surface area contributed by atoms with Gasteiger partial charge in [0.2, 0.25) is 0 Å². The van der Waals surface area contributed by atoms with Crippen molar-refractivity contribution in [2.24, 2.45) is 0 Å². The van der Waals surface area contributed by atoms with Gasteiger partial charge in [0.1, 0.15) is 17.7 Å². The van der Waals surface area contributed by atoms with Crippen molar-refractivity contribution in [3.63, 3.8) is 0 Å². The highest BCUT2D eigenvalue weighted by Gasteiger charge is 2.32. The fourth-order valence-corrected chi connectivity index (χ4v) is 4.79. The summed E-state index contributed by atoms with van der Waals surface area (Å²) in [5.74, 6) is 1.73. The predicted molar refractivity (Wildman–Crippen MR) is 124 cm³/mol. The molecule has 30 heavy (non-hydrogen) atoms. The number of carbonyl (C=O) groups excluding carboxylic acids is 1. The SMILES string of the molecule is CCc1ccc(NC(=O)N2CCS[C@@H]2c2ccccc2OCc2ccccc2)cc1. The molecule has 1 aliphatic heterocycles.